The summed E-state index contributed by atoms with van der Waals surface area (Å²) in [4.78, 5) is 18.1. The molecule has 5 heteroatoms. The molecule has 0 bridgehead atoms. The number of carbonyl (C=O) groups excluding carboxylic acids is 1. The number of benzene rings is 2. The van der Waals surface area contributed by atoms with E-state index in [1.54, 1.807) is 6.20 Å². The number of likely N-dealkylation sites (tertiary alicyclic amines) is 1. The van der Waals surface area contributed by atoms with Crippen LogP contribution in [-0.4, -0.2) is 35.0 Å². The predicted molar refractivity (Wildman–Crippen MR) is 113 cm³/mol. The lowest BCUT2D eigenvalue weighted by molar-refractivity contribution is -0.132. The summed E-state index contributed by atoms with van der Waals surface area (Å²) in [5, 5.41) is 1.70. The summed E-state index contributed by atoms with van der Waals surface area (Å²) in [5.74, 6) is 1.07. The van der Waals surface area contributed by atoms with Crippen LogP contribution >= 0.6 is 11.6 Å². The molecule has 4 rings (SSSR count). The third-order valence-electron chi connectivity index (χ3n) is 5.28. The zero-order chi connectivity index (χ0) is 19.5. The average molecular weight is 395 g/mol. The molecule has 1 amide bonds. The minimum atomic E-state index is 0.153. The van der Waals surface area contributed by atoms with E-state index < -0.39 is 0 Å². The molecular weight excluding hydrogens is 372 g/mol. The van der Waals surface area contributed by atoms with Gasteiger partial charge in [-0.2, -0.15) is 0 Å². The first-order valence-electron chi connectivity index (χ1n) is 9.74. The molecule has 0 aliphatic carbocycles. The van der Waals surface area contributed by atoms with Crippen LogP contribution in [0.15, 0.2) is 54.7 Å². The summed E-state index contributed by atoms with van der Waals surface area (Å²) >= 11 is 6.60. The van der Waals surface area contributed by atoms with Crippen LogP contribution in [0.4, 0.5) is 0 Å². The van der Waals surface area contributed by atoms with E-state index in [9.17, 15) is 4.79 Å². The third-order valence-corrected chi connectivity index (χ3v) is 5.66. The molecule has 1 aliphatic rings. The molecule has 1 aromatic heterocycles. The van der Waals surface area contributed by atoms with E-state index in [1.165, 1.54) is 0 Å². The van der Waals surface area contributed by atoms with E-state index in [2.05, 4.69) is 4.98 Å². The van der Waals surface area contributed by atoms with Gasteiger partial charge in [0.25, 0.3) is 0 Å². The van der Waals surface area contributed by atoms with Crippen molar-refractivity contribution in [2.45, 2.75) is 32.3 Å². The molecule has 1 aliphatic heterocycles. The molecular formula is C23H23ClN2O2. The number of hydrogen-bond acceptors (Lipinski definition) is 3. The molecule has 2 aromatic carbocycles. The Morgan fingerprint density at radius 3 is 2.61 bits per heavy atom. The summed E-state index contributed by atoms with van der Waals surface area (Å²) < 4.78 is 6.13. The summed E-state index contributed by atoms with van der Waals surface area (Å²) in [6.45, 7) is 3.45. The first-order chi connectivity index (χ1) is 13.7. The lowest BCUT2D eigenvalue weighted by Gasteiger charge is -2.32. The number of aromatic nitrogens is 1. The predicted octanol–water partition coefficient (Wildman–Crippen LogP) is 5.34. The SMILES string of the molecule is CCC(=O)N1CCC(Oc2ccc(-c3ccc4cccnc4c3Cl)cc2)CC1. The molecule has 0 N–H and O–H groups in total. The number of rotatable bonds is 4. The first-order valence-corrected chi connectivity index (χ1v) is 10.1. The Bertz CT molecular complexity index is 980. The van der Waals surface area contributed by atoms with Crippen LogP contribution in [0.25, 0.3) is 22.0 Å². The Morgan fingerprint density at radius 1 is 1.14 bits per heavy atom. The van der Waals surface area contributed by atoms with Gasteiger partial charge in [-0.15, -0.1) is 0 Å². The number of pyridine rings is 1. The van der Waals surface area contributed by atoms with Crippen molar-refractivity contribution in [3.05, 3.63) is 59.8 Å². The average Bonchev–Trinajstić information content (AvgIpc) is 2.75. The van der Waals surface area contributed by atoms with Crippen molar-refractivity contribution in [1.29, 1.82) is 0 Å². The Hall–Kier alpha value is -2.59. The maximum absolute atomic E-state index is 11.8. The van der Waals surface area contributed by atoms with E-state index in [0.29, 0.717) is 11.4 Å². The highest BCUT2D eigenvalue weighted by atomic mass is 35.5. The second-order valence-corrected chi connectivity index (χ2v) is 7.46. The quantitative estimate of drug-likeness (QED) is 0.600. The van der Waals surface area contributed by atoms with Gasteiger partial charge < -0.3 is 9.64 Å². The minimum absolute atomic E-state index is 0.153. The number of amides is 1. The zero-order valence-electron chi connectivity index (χ0n) is 15.9. The first kappa shape index (κ1) is 18.8. The smallest absolute Gasteiger partial charge is 0.222 e. The Labute approximate surface area is 170 Å². The van der Waals surface area contributed by atoms with Crippen molar-refractivity contribution in [3.63, 3.8) is 0 Å². The van der Waals surface area contributed by atoms with Crippen LogP contribution in [0.5, 0.6) is 5.75 Å². The molecule has 1 saturated heterocycles. The molecule has 0 unspecified atom stereocenters. The zero-order valence-corrected chi connectivity index (χ0v) is 16.7. The highest BCUT2D eigenvalue weighted by molar-refractivity contribution is 6.37. The number of piperidine rings is 1. The van der Waals surface area contributed by atoms with E-state index in [-0.39, 0.29) is 12.0 Å². The molecule has 3 aromatic rings. The molecule has 0 radical (unpaired) electrons. The van der Waals surface area contributed by atoms with Crippen molar-refractivity contribution in [1.82, 2.24) is 9.88 Å². The fourth-order valence-corrected chi connectivity index (χ4v) is 4.01. The van der Waals surface area contributed by atoms with Crippen molar-refractivity contribution >= 4 is 28.4 Å². The van der Waals surface area contributed by atoms with Crippen molar-refractivity contribution in [2.24, 2.45) is 0 Å². The summed E-state index contributed by atoms with van der Waals surface area (Å²) in [6.07, 6.45) is 4.22. The van der Waals surface area contributed by atoms with E-state index in [4.69, 9.17) is 16.3 Å². The monoisotopic (exact) mass is 394 g/mol. The van der Waals surface area contributed by atoms with Crippen molar-refractivity contribution in [2.75, 3.05) is 13.1 Å². The standard InChI is InChI=1S/C23H23ClN2O2/c1-2-21(27)26-14-11-19(12-15-26)28-18-8-5-16(6-9-18)20-10-7-17-4-3-13-25-23(17)22(20)24/h3-10,13,19H,2,11-12,14-15H2,1H3. The lowest BCUT2D eigenvalue weighted by Crippen LogP contribution is -2.41. The number of halogens is 1. The molecule has 1 fully saturated rings. The summed E-state index contributed by atoms with van der Waals surface area (Å²) in [5.41, 5.74) is 2.81. The van der Waals surface area contributed by atoms with Crippen LogP contribution in [0.3, 0.4) is 0 Å². The minimum Gasteiger partial charge on any atom is -0.490 e. The number of hydrogen-bond donors (Lipinski definition) is 0. The van der Waals surface area contributed by atoms with Crippen LogP contribution in [0.2, 0.25) is 5.02 Å². The molecule has 28 heavy (non-hydrogen) atoms. The van der Waals surface area contributed by atoms with E-state index in [1.807, 2.05) is 60.4 Å². The fourth-order valence-electron chi connectivity index (χ4n) is 3.68. The van der Waals surface area contributed by atoms with Gasteiger partial charge in [-0.1, -0.05) is 48.9 Å². The van der Waals surface area contributed by atoms with Gasteiger partial charge in [0, 0.05) is 49.5 Å². The Kier molecular flexibility index (Phi) is 5.49. The topological polar surface area (TPSA) is 42.4 Å². The van der Waals surface area contributed by atoms with Crippen LogP contribution < -0.4 is 4.74 Å². The number of fused-ring (bicyclic) bond motifs is 1. The van der Waals surface area contributed by atoms with Gasteiger partial charge in [-0.3, -0.25) is 9.78 Å². The molecule has 4 nitrogen and oxygen atoms in total. The lowest BCUT2D eigenvalue weighted by atomic mass is 10.0. The number of nitrogens with zero attached hydrogens (tertiary/aromatic N) is 2. The Balaban J connectivity index is 1.45. The van der Waals surface area contributed by atoms with Crippen LogP contribution in [0, 0.1) is 0 Å². The third kappa shape index (κ3) is 3.83. The van der Waals surface area contributed by atoms with Gasteiger partial charge in [-0.25, -0.2) is 0 Å². The second kappa shape index (κ2) is 8.19. The van der Waals surface area contributed by atoms with Crippen molar-refractivity contribution in [3.8, 4) is 16.9 Å². The molecule has 0 atom stereocenters. The molecule has 0 saturated carbocycles. The second-order valence-electron chi connectivity index (χ2n) is 7.08. The molecule has 2 heterocycles. The van der Waals surface area contributed by atoms with Crippen molar-refractivity contribution < 1.29 is 9.53 Å². The molecule has 144 valence electrons. The maximum Gasteiger partial charge on any atom is 0.222 e. The summed E-state index contributed by atoms with van der Waals surface area (Å²) in [7, 11) is 0. The van der Waals surface area contributed by atoms with Gasteiger partial charge in [0.1, 0.15) is 11.9 Å². The van der Waals surface area contributed by atoms with E-state index in [0.717, 1.165) is 53.7 Å². The number of carbonyl (C=O) groups is 1. The number of ether oxygens (including phenoxy) is 1. The van der Waals surface area contributed by atoms with Crippen LogP contribution in [0.1, 0.15) is 26.2 Å². The van der Waals surface area contributed by atoms with Gasteiger partial charge in [0.05, 0.1) is 10.5 Å². The van der Waals surface area contributed by atoms with Crippen LogP contribution in [-0.2, 0) is 4.79 Å². The highest BCUT2D eigenvalue weighted by Crippen LogP contribution is 2.34. The van der Waals surface area contributed by atoms with Gasteiger partial charge >= 0.3 is 0 Å². The highest BCUT2D eigenvalue weighted by Gasteiger charge is 2.23. The van der Waals surface area contributed by atoms with Gasteiger partial charge in [0.15, 0.2) is 0 Å². The normalized spacial score (nSPS) is 15.0. The maximum atomic E-state index is 11.8. The van der Waals surface area contributed by atoms with Gasteiger partial charge in [0.2, 0.25) is 5.91 Å². The van der Waals surface area contributed by atoms with Gasteiger partial charge in [-0.05, 0) is 23.8 Å². The fraction of sp³-hybridized carbons (Fsp3) is 0.304. The van der Waals surface area contributed by atoms with E-state index >= 15 is 0 Å². The molecule has 0 spiro atoms. The Morgan fingerprint density at radius 2 is 1.89 bits per heavy atom. The summed E-state index contributed by atoms with van der Waals surface area (Å²) in [6, 6.07) is 16.0. The largest absolute Gasteiger partial charge is 0.490 e.